The van der Waals surface area contributed by atoms with Gasteiger partial charge in [-0.05, 0) is 110 Å². The number of para-hydroxylation sites is 1. The van der Waals surface area contributed by atoms with Crippen molar-refractivity contribution in [1.29, 1.82) is 0 Å². The summed E-state index contributed by atoms with van der Waals surface area (Å²) in [6.07, 6.45) is 0. The Morgan fingerprint density at radius 2 is 0.575 bits per heavy atom. The van der Waals surface area contributed by atoms with Crippen LogP contribution in [0, 0.1) is 0 Å². The Morgan fingerprint density at radius 1 is 0.225 bits per heavy atom. The van der Waals surface area contributed by atoms with Gasteiger partial charge >= 0.3 is 0 Å². The smallest absolute Gasteiger partial charge is 0.164 e. The summed E-state index contributed by atoms with van der Waals surface area (Å²) < 4.78 is 8.94. The number of furan rings is 1. The van der Waals surface area contributed by atoms with Crippen molar-refractivity contribution in [3.05, 3.63) is 291 Å². The Labute approximate surface area is 463 Å². The Balaban J connectivity index is 1.03. The minimum absolute atomic E-state index is 0.550. The molecule has 12 aromatic carbocycles. The van der Waals surface area contributed by atoms with E-state index >= 15 is 0 Å². The maximum Gasteiger partial charge on any atom is 0.164 e. The lowest BCUT2D eigenvalue weighted by Gasteiger charge is -2.21. The maximum absolute atomic E-state index is 6.44. The van der Waals surface area contributed by atoms with Gasteiger partial charge in [-0.15, -0.1) is 0 Å². The molecule has 0 saturated heterocycles. The minimum atomic E-state index is 0.550. The number of nitrogens with zero attached hydrogens (tertiary/aromatic N) is 4. The highest BCUT2D eigenvalue weighted by Crippen LogP contribution is 2.46. The quantitative estimate of drug-likeness (QED) is 0.137. The average molecular weight is 1020 g/mol. The highest BCUT2D eigenvalue weighted by molar-refractivity contribution is 6.13. The average Bonchev–Trinajstić information content (AvgIpc) is 4.22. The third-order valence-corrected chi connectivity index (χ3v) is 15.5. The first-order valence-corrected chi connectivity index (χ1v) is 27.1. The lowest BCUT2D eigenvalue weighted by Crippen LogP contribution is -2.04. The number of benzene rings is 12. The predicted octanol–water partition coefficient (Wildman–Crippen LogP) is 19.9. The summed E-state index contributed by atoms with van der Waals surface area (Å²) in [6.45, 7) is 0. The van der Waals surface area contributed by atoms with Crippen molar-refractivity contribution >= 4 is 43.7 Å². The van der Waals surface area contributed by atoms with E-state index in [4.69, 9.17) is 19.4 Å². The number of aromatic nitrogens is 4. The third kappa shape index (κ3) is 8.42. The Morgan fingerprint density at radius 3 is 1.06 bits per heavy atom. The largest absolute Gasteiger partial charge is 0.456 e. The van der Waals surface area contributed by atoms with Crippen LogP contribution in [0.5, 0.6) is 0 Å². The molecule has 15 aromatic rings. The fraction of sp³-hybridized carbons (Fsp3) is 0. The highest BCUT2D eigenvalue weighted by Gasteiger charge is 2.25. The van der Waals surface area contributed by atoms with Crippen molar-refractivity contribution in [2.24, 2.45) is 0 Å². The minimum Gasteiger partial charge on any atom is -0.456 e. The van der Waals surface area contributed by atoms with Gasteiger partial charge in [-0.1, -0.05) is 237 Å². The summed E-state index contributed by atoms with van der Waals surface area (Å²) in [7, 11) is 0. The molecular formula is C75H48N4O. The monoisotopic (exact) mass is 1020 g/mol. The molecule has 0 aliphatic heterocycles. The number of hydrogen-bond acceptors (Lipinski definition) is 4. The van der Waals surface area contributed by atoms with Gasteiger partial charge < -0.3 is 8.98 Å². The van der Waals surface area contributed by atoms with Gasteiger partial charge in [0, 0.05) is 49.4 Å². The van der Waals surface area contributed by atoms with Gasteiger partial charge in [0.2, 0.25) is 0 Å². The van der Waals surface area contributed by atoms with Crippen molar-refractivity contribution in [2.75, 3.05) is 0 Å². The molecule has 3 aromatic heterocycles. The maximum atomic E-state index is 6.44. The van der Waals surface area contributed by atoms with E-state index in [2.05, 4.69) is 259 Å². The molecule has 5 nitrogen and oxygen atoms in total. The van der Waals surface area contributed by atoms with Crippen LogP contribution in [-0.4, -0.2) is 19.5 Å². The van der Waals surface area contributed by atoms with Crippen LogP contribution in [-0.2, 0) is 0 Å². The predicted molar refractivity (Wildman–Crippen MR) is 330 cm³/mol. The molecular weight excluding hydrogens is 973 g/mol. The van der Waals surface area contributed by atoms with E-state index < -0.39 is 0 Å². The van der Waals surface area contributed by atoms with E-state index in [1.807, 2.05) is 36.4 Å². The van der Waals surface area contributed by atoms with E-state index in [0.717, 1.165) is 122 Å². The van der Waals surface area contributed by atoms with Crippen LogP contribution in [0.2, 0.25) is 0 Å². The second-order valence-corrected chi connectivity index (χ2v) is 20.3. The van der Waals surface area contributed by atoms with Crippen LogP contribution >= 0.6 is 0 Å². The number of hydrogen-bond donors (Lipinski definition) is 0. The first-order chi connectivity index (χ1) is 39.6. The molecule has 0 radical (unpaired) electrons. The van der Waals surface area contributed by atoms with Crippen LogP contribution in [0.25, 0.3) is 150 Å². The Hall–Kier alpha value is -10.8. The lowest BCUT2D eigenvalue weighted by molar-refractivity contribution is 0.669. The van der Waals surface area contributed by atoms with E-state index in [0.29, 0.717) is 17.5 Å². The van der Waals surface area contributed by atoms with Crippen molar-refractivity contribution < 1.29 is 4.42 Å². The normalized spacial score (nSPS) is 11.5. The molecule has 0 N–H and O–H groups in total. The molecule has 0 saturated carbocycles. The van der Waals surface area contributed by atoms with Gasteiger partial charge in [0.1, 0.15) is 11.2 Å². The molecule has 0 aliphatic rings. The van der Waals surface area contributed by atoms with Gasteiger partial charge in [0.05, 0.1) is 16.7 Å². The zero-order valence-corrected chi connectivity index (χ0v) is 43.4. The first-order valence-electron chi connectivity index (χ1n) is 27.1. The topological polar surface area (TPSA) is 56.7 Å². The fourth-order valence-electron chi connectivity index (χ4n) is 11.5. The second-order valence-electron chi connectivity index (χ2n) is 20.3. The van der Waals surface area contributed by atoms with Crippen LogP contribution in [0.4, 0.5) is 0 Å². The van der Waals surface area contributed by atoms with Crippen LogP contribution in [0.3, 0.4) is 0 Å². The summed E-state index contributed by atoms with van der Waals surface area (Å²) in [5, 5.41) is 4.44. The number of fused-ring (bicyclic) bond motifs is 6. The molecule has 0 bridgehead atoms. The number of rotatable bonds is 10. The lowest BCUT2D eigenvalue weighted by atomic mass is 9.91. The molecule has 3 heterocycles. The van der Waals surface area contributed by atoms with E-state index in [1.165, 1.54) is 11.1 Å². The summed E-state index contributed by atoms with van der Waals surface area (Å²) in [6, 6.07) is 104. The van der Waals surface area contributed by atoms with Gasteiger partial charge in [-0.25, -0.2) is 15.0 Å². The van der Waals surface area contributed by atoms with Crippen molar-refractivity contribution in [3.63, 3.8) is 0 Å². The molecule has 374 valence electrons. The molecule has 80 heavy (non-hydrogen) atoms. The fourth-order valence-corrected chi connectivity index (χ4v) is 11.5. The van der Waals surface area contributed by atoms with E-state index in [1.54, 1.807) is 0 Å². The summed E-state index contributed by atoms with van der Waals surface area (Å²) in [5.41, 5.74) is 20.8. The van der Waals surface area contributed by atoms with E-state index in [9.17, 15) is 0 Å². The van der Waals surface area contributed by atoms with Crippen molar-refractivity contribution in [1.82, 2.24) is 19.5 Å². The van der Waals surface area contributed by atoms with Gasteiger partial charge in [0.25, 0.3) is 0 Å². The van der Waals surface area contributed by atoms with Crippen molar-refractivity contribution in [3.8, 4) is 107 Å². The molecule has 0 unspecified atom stereocenters. The van der Waals surface area contributed by atoms with Crippen molar-refractivity contribution in [2.45, 2.75) is 0 Å². The van der Waals surface area contributed by atoms with Gasteiger partial charge in [-0.2, -0.15) is 0 Å². The highest BCUT2D eigenvalue weighted by atomic mass is 16.3. The van der Waals surface area contributed by atoms with Crippen LogP contribution in [0.1, 0.15) is 0 Å². The molecule has 0 spiro atoms. The molecule has 0 atom stereocenters. The summed E-state index contributed by atoms with van der Waals surface area (Å²) in [5.74, 6) is 1.68. The summed E-state index contributed by atoms with van der Waals surface area (Å²) in [4.78, 5) is 16.0. The van der Waals surface area contributed by atoms with Gasteiger partial charge in [-0.3, -0.25) is 0 Å². The Kier molecular flexibility index (Phi) is 11.4. The molecule has 5 heteroatoms. The molecule has 15 rings (SSSR count). The standard InChI is InChI=1S/C75H48N4O/c1-6-18-49(19-7-1)53-30-34-55(35-31-53)64-46-61(75-77-73(57-26-14-5-15-27-57)76-74(78-75)60-38-41-63-62-28-16-17-29-70(62)80-71(63)48-60)47-65(56-36-32-54(33-37-56)50-20-8-2-9-21-50)72(64)79-68-42-39-58(51-22-10-3-11-23-51)44-66(68)67-45-59(40-43-69(67)79)52-24-12-4-13-25-52/h1-48H. The zero-order valence-electron chi connectivity index (χ0n) is 43.4. The van der Waals surface area contributed by atoms with Gasteiger partial charge in [0.15, 0.2) is 17.5 Å². The summed E-state index contributed by atoms with van der Waals surface area (Å²) >= 11 is 0. The third-order valence-electron chi connectivity index (χ3n) is 15.5. The SMILES string of the molecule is c1ccc(-c2ccc(-c3cc(-c4nc(-c5ccccc5)nc(-c5ccc6c(c5)oc5ccccc56)n4)cc(-c4ccc(-c5ccccc5)cc4)c3-n3c4ccc(-c5ccccc5)cc4c4cc(-c5ccccc5)ccc43)cc2)cc1. The Bertz CT molecular complexity index is 4560. The zero-order chi connectivity index (χ0) is 52.9. The molecule has 0 fully saturated rings. The molecule has 0 aliphatic carbocycles. The van der Waals surface area contributed by atoms with Crippen LogP contribution in [0.15, 0.2) is 296 Å². The van der Waals surface area contributed by atoms with E-state index in [-0.39, 0.29) is 0 Å². The first kappa shape index (κ1) is 46.5. The molecule has 0 amide bonds. The van der Waals surface area contributed by atoms with Crippen LogP contribution < -0.4 is 0 Å². The second kappa shape index (κ2) is 19.7.